The number of carbonyl (C=O) groups is 1. The number of hydrogen-bond acceptors (Lipinski definition) is 6. The molecule has 3 rings (SSSR count). The molecule has 2 heterocycles. The van der Waals surface area contributed by atoms with Gasteiger partial charge in [-0.05, 0) is 12.8 Å². The summed E-state index contributed by atoms with van der Waals surface area (Å²) in [4.78, 5) is 12.5. The second-order valence-corrected chi connectivity index (χ2v) is 9.37. The Morgan fingerprint density at radius 2 is 2.00 bits per heavy atom. The quantitative estimate of drug-likeness (QED) is 0.831. The minimum atomic E-state index is -3.51. The van der Waals surface area contributed by atoms with Crippen molar-refractivity contribution in [1.29, 1.82) is 0 Å². The molecule has 1 saturated heterocycles. The van der Waals surface area contributed by atoms with Crippen molar-refractivity contribution in [3.63, 3.8) is 0 Å². The number of nitrogens with one attached hydrogen (secondary N) is 1. The average Bonchev–Trinajstić information content (AvgIpc) is 3.11. The summed E-state index contributed by atoms with van der Waals surface area (Å²) in [7, 11) is -0.527. The normalized spacial score (nSPS) is 18.8. The summed E-state index contributed by atoms with van der Waals surface area (Å²) in [6.07, 6.45) is 1.30. The highest BCUT2D eigenvalue weighted by atomic mass is 32.2. The highest BCUT2D eigenvalue weighted by Gasteiger charge is 2.33. The lowest BCUT2D eigenvalue weighted by molar-refractivity contribution is -0.120. The average molecular weight is 396 g/mol. The first-order chi connectivity index (χ1) is 12.4. The molecule has 1 unspecified atom stereocenters. The van der Waals surface area contributed by atoms with Crippen molar-refractivity contribution in [1.82, 2.24) is 18.8 Å². The number of anilines is 1. The molecule has 0 radical (unpaired) electrons. The van der Waals surface area contributed by atoms with E-state index in [1.54, 1.807) is 0 Å². The minimum absolute atomic E-state index is 0.177. The molecule has 0 spiro atoms. The van der Waals surface area contributed by atoms with Gasteiger partial charge in [-0.15, -0.1) is 10.2 Å². The number of hydrogen-bond donors (Lipinski definition) is 1. The largest absolute Gasteiger partial charge is 0.300 e. The first kappa shape index (κ1) is 18.9. The van der Waals surface area contributed by atoms with Gasteiger partial charge in [0, 0.05) is 32.7 Å². The molecule has 26 heavy (non-hydrogen) atoms. The number of piperidine rings is 1. The van der Waals surface area contributed by atoms with Crippen LogP contribution >= 0.6 is 11.3 Å². The van der Waals surface area contributed by atoms with Gasteiger partial charge in [0.25, 0.3) is 10.2 Å². The van der Waals surface area contributed by atoms with Gasteiger partial charge in [-0.1, -0.05) is 41.7 Å². The second-order valence-electron chi connectivity index (χ2n) is 6.25. The Balaban J connectivity index is 1.66. The number of carbonyl (C=O) groups excluding carboxylic acids is 1. The maximum absolute atomic E-state index is 12.5. The first-order valence-corrected chi connectivity index (χ1v) is 10.5. The molecular formula is C16H21N5O3S2. The van der Waals surface area contributed by atoms with E-state index in [-0.39, 0.29) is 12.5 Å². The highest BCUT2D eigenvalue weighted by Crippen LogP contribution is 2.27. The van der Waals surface area contributed by atoms with Crippen LogP contribution in [0.4, 0.5) is 5.13 Å². The number of nitrogens with zero attached hydrogens (tertiary/aromatic N) is 4. The van der Waals surface area contributed by atoms with Crippen molar-refractivity contribution in [2.24, 2.45) is 5.92 Å². The fourth-order valence-corrected chi connectivity index (χ4v) is 4.72. The van der Waals surface area contributed by atoms with E-state index in [0.29, 0.717) is 24.5 Å². The van der Waals surface area contributed by atoms with Gasteiger partial charge in [0.2, 0.25) is 11.0 Å². The van der Waals surface area contributed by atoms with E-state index in [1.807, 2.05) is 30.3 Å². The van der Waals surface area contributed by atoms with Gasteiger partial charge >= 0.3 is 0 Å². The summed E-state index contributed by atoms with van der Waals surface area (Å²) in [5.74, 6) is -0.623. The Kier molecular flexibility index (Phi) is 5.66. The lowest BCUT2D eigenvalue weighted by Gasteiger charge is -2.32. The zero-order valence-corrected chi connectivity index (χ0v) is 16.3. The molecule has 140 valence electrons. The number of benzene rings is 1. The molecule has 0 bridgehead atoms. The molecular weight excluding hydrogens is 374 g/mol. The van der Waals surface area contributed by atoms with Crippen LogP contribution in [0.3, 0.4) is 0 Å². The van der Waals surface area contributed by atoms with Crippen molar-refractivity contribution in [3.05, 3.63) is 30.3 Å². The van der Waals surface area contributed by atoms with Crippen LogP contribution in [0.25, 0.3) is 10.6 Å². The molecule has 10 heteroatoms. The Morgan fingerprint density at radius 3 is 2.69 bits per heavy atom. The topological polar surface area (TPSA) is 95.5 Å². The Hall–Kier alpha value is -1.88. The molecule has 2 aromatic rings. The molecule has 0 aliphatic carbocycles. The SMILES string of the molecule is CN(C)S(=O)(=O)N1CCCC(C(=O)Nc2nnc(-c3ccccc3)s2)C1. The third-order valence-electron chi connectivity index (χ3n) is 4.22. The molecule has 1 atom stereocenters. The summed E-state index contributed by atoms with van der Waals surface area (Å²) in [6, 6.07) is 9.60. The van der Waals surface area contributed by atoms with E-state index in [9.17, 15) is 13.2 Å². The Labute approximate surface area is 157 Å². The molecule has 1 amide bonds. The second kappa shape index (κ2) is 7.78. The summed E-state index contributed by atoms with van der Waals surface area (Å²) < 4.78 is 27.1. The van der Waals surface area contributed by atoms with Crippen LogP contribution < -0.4 is 5.32 Å². The summed E-state index contributed by atoms with van der Waals surface area (Å²) in [6.45, 7) is 0.609. The molecule has 1 fully saturated rings. The third-order valence-corrected chi connectivity index (χ3v) is 7.01. The van der Waals surface area contributed by atoms with Gasteiger partial charge in [0.05, 0.1) is 5.92 Å². The predicted molar refractivity (Wildman–Crippen MR) is 101 cm³/mol. The maximum Gasteiger partial charge on any atom is 0.281 e. The zero-order chi connectivity index (χ0) is 18.7. The lowest BCUT2D eigenvalue weighted by Crippen LogP contribution is -2.47. The first-order valence-electron chi connectivity index (χ1n) is 8.25. The zero-order valence-electron chi connectivity index (χ0n) is 14.6. The van der Waals surface area contributed by atoms with Crippen molar-refractivity contribution in [2.45, 2.75) is 12.8 Å². The van der Waals surface area contributed by atoms with Crippen LogP contribution in [0, 0.1) is 5.92 Å². The number of rotatable bonds is 5. The van der Waals surface area contributed by atoms with Gasteiger partial charge in [-0.25, -0.2) is 0 Å². The molecule has 1 aromatic carbocycles. The van der Waals surface area contributed by atoms with Gasteiger partial charge < -0.3 is 5.32 Å². The predicted octanol–water partition coefficient (Wildman–Crippen LogP) is 1.66. The van der Waals surface area contributed by atoms with Crippen LogP contribution in [0.15, 0.2) is 30.3 Å². The van der Waals surface area contributed by atoms with Crippen LogP contribution in [0.5, 0.6) is 0 Å². The van der Waals surface area contributed by atoms with Crippen molar-refractivity contribution in [3.8, 4) is 10.6 Å². The van der Waals surface area contributed by atoms with E-state index < -0.39 is 16.1 Å². The van der Waals surface area contributed by atoms with Crippen molar-refractivity contribution in [2.75, 3.05) is 32.5 Å². The van der Waals surface area contributed by atoms with Crippen LogP contribution in [0.2, 0.25) is 0 Å². The summed E-state index contributed by atoms with van der Waals surface area (Å²) in [5, 5.41) is 12.0. The summed E-state index contributed by atoms with van der Waals surface area (Å²) >= 11 is 1.30. The van der Waals surface area contributed by atoms with Gasteiger partial charge in [0.15, 0.2) is 0 Å². The molecule has 1 aromatic heterocycles. The number of aromatic nitrogens is 2. The molecule has 1 aliphatic rings. The molecule has 0 saturated carbocycles. The van der Waals surface area contributed by atoms with E-state index in [1.165, 1.54) is 34.0 Å². The van der Waals surface area contributed by atoms with E-state index >= 15 is 0 Å². The smallest absolute Gasteiger partial charge is 0.281 e. The maximum atomic E-state index is 12.5. The summed E-state index contributed by atoms with van der Waals surface area (Å²) in [5.41, 5.74) is 0.936. The fraction of sp³-hybridized carbons (Fsp3) is 0.438. The lowest BCUT2D eigenvalue weighted by atomic mass is 9.99. The monoisotopic (exact) mass is 395 g/mol. The standard InChI is InChI=1S/C16H21N5O3S2/c1-20(2)26(23,24)21-10-6-9-13(11-21)14(22)17-16-19-18-15(25-16)12-7-4-3-5-8-12/h3-5,7-8,13H,6,9-11H2,1-2H3,(H,17,19,22). The van der Waals surface area contributed by atoms with Crippen LogP contribution in [0.1, 0.15) is 12.8 Å². The van der Waals surface area contributed by atoms with Gasteiger partial charge in [0.1, 0.15) is 5.01 Å². The van der Waals surface area contributed by atoms with E-state index in [4.69, 9.17) is 0 Å². The Morgan fingerprint density at radius 1 is 1.27 bits per heavy atom. The molecule has 8 nitrogen and oxygen atoms in total. The fourth-order valence-electron chi connectivity index (χ4n) is 2.78. The van der Waals surface area contributed by atoms with Gasteiger partial charge in [-0.2, -0.15) is 17.0 Å². The van der Waals surface area contributed by atoms with Crippen molar-refractivity contribution >= 4 is 32.6 Å². The van der Waals surface area contributed by atoms with E-state index in [2.05, 4.69) is 15.5 Å². The minimum Gasteiger partial charge on any atom is -0.300 e. The van der Waals surface area contributed by atoms with Crippen LogP contribution in [-0.2, 0) is 15.0 Å². The van der Waals surface area contributed by atoms with Crippen LogP contribution in [-0.4, -0.2) is 60.3 Å². The molecule has 1 aliphatic heterocycles. The number of amides is 1. The van der Waals surface area contributed by atoms with Crippen molar-refractivity contribution < 1.29 is 13.2 Å². The van der Waals surface area contributed by atoms with Gasteiger partial charge in [-0.3, -0.25) is 4.79 Å². The highest BCUT2D eigenvalue weighted by molar-refractivity contribution is 7.86. The Bertz CT molecular complexity index is 867. The van der Waals surface area contributed by atoms with E-state index in [0.717, 1.165) is 10.6 Å². The third kappa shape index (κ3) is 4.09. The molecule has 1 N–H and O–H groups in total.